The Morgan fingerprint density at radius 3 is 2.07 bits per heavy atom. The monoisotopic (exact) mass is 877 g/mol. The number of hydrogen-bond donors (Lipinski definition) is 0. The van der Waals surface area contributed by atoms with E-state index in [9.17, 15) is 0 Å². The van der Waals surface area contributed by atoms with Crippen LogP contribution in [0.2, 0.25) is 0 Å². The molecule has 1 aromatic heterocycles. The lowest BCUT2D eigenvalue weighted by Crippen LogP contribution is -2.11. The molecule has 3 heteroatoms. The number of fused-ring (bicyclic) bond motifs is 7. The van der Waals surface area contributed by atoms with Gasteiger partial charge in [0, 0.05) is 22.0 Å². The zero-order chi connectivity index (χ0) is 45.4. The van der Waals surface area contributed by atoms with Gasteiger partial charge in [-0.2, -0.15) is 0 Å². The van der Waals surface area contributed by atoms with E-state index in [1.807, 2.05) is 0 Å². The fourth-order valence-electron chi connectivity index (χ4n) is 11.4. The van der Waals surface area contributed by atoms with E-state index in [0.29, 0.717) is 5.92 Å². The number of allylic oxidation sites excluding steroid dienone is 3. The maximum Gasteiger partial charge on any atom is 0.160 e. The third-order valence-corrected chi connectivity index (χ3v) is 14.9. The summed E-state index contributed by atoms with van der Waals surface area (Å²) in [4.78, 5) is 10.6. The minimum Gasteiger partial charge on any atom is -0.309 e. The second-order valence-corrected chi connectivity index (χ2v) is 19.0. The summed E-state index contributed by atoms with van der Waals surface area (Å²) >= 11 is 0. The molecular formula is C65H55N3. The molecule has 0 saturated heterocycles. The molecule has 0 N–H and O–H groups in total. The van der Waals surface area contributed by atoms with Gasteiger partial charge in [0.25, 0.3) is 0 Å². The van der Waals surface area contributed by atoms with Gasteiger partial charge in [-0.3, -0.25) is 0 Å². The van der Waals surface area contributed by atoms with Crippen molar-refractivity contribution in [3.05, 3.63) is 256 Å². The van der Waals surface area contributed by atoms with Gasteiger partial charge in [-0.1, -0.05) is 169 Å². The van der Waals surface area contributed by atoms with Crippen LogP contribution >= 0.6 is 0 Å². The number of hydrogen-bond acceptors (Lipinski definition) is 2. The van der Waals surface area contributed by atoms with Crippen LogP contribution in [0.4, 0.5) is 0 Å². The molecule has 0 amide bonds. The largest absolute Gasteiger partial charge is 0.309 e. The standard InChI is InChI=1S/C65H55N3/c1-44-31-32-46-33-36-53(62-29-16-28-61(47-19-7-3-8-20-47)66-65(67-62)48-21-9-4-10-22-48)40-49(46)37-38-55(44)50-23-15-24-54(41-50)68-63-30-14-13-27-58(63)60-43-59-52(42-64(60)68)35-34-51(39-45-17-5-2-6-18-45)56-25-11-12-26-57(56)59/h2-15,17-28,30,33,36,40-43,51H,16,29,31-32,34-35,37-39H2,1H3/b55-44+,61-28-,66-65?,67-62?. The smallest absolute Gasteiger partial charge is 0.160 e. The maximum atomic E-state index is 5.37. The van der Waals surface area contributed by atoms with E-state index in [4.69, 9.17) is 9.98 Å². The number of benzene rings is 8. The van der Waals surface area contributed by atoms with Crippen LogP contribution in [0.5, 0.6) is 0 Å². The van der Waals surface area contributed by atoms with Crippen molar-refractivity contribution in [3.63, 3.8) is 0 Å². The van der Waals surface area contributed by atoms with Crippen molar-refractivity contribution < 1.29 is 0 Å². The number of aliphatic imine (C=N–C) groups is 2. The quantitative estimate of drug-likeness (QED) is 0.153. The fraction of sp³-hybridized carbons (Fsp3) is 0.169. The van der Waals surface area contributed by atoms with Crippen LogP contribution in [-0.4, -0.2) is 16.1 Å². The predicted molar refractivity (Wildman–Crippen MR) is 286 cm³/mol. The molecule has 3 nitrogen and oxygen atoms in total. The van der Waals surface area contributed by atoms with E-state index in [1.165, 1.54) is 88.7 Å². The average Bonchev–Trinajstić information content (AvgIpc) is 3.62. The van der Waals surface area contributed by atoms with Crippen molar-refractivity contribution in [2.75, 3.05) is 0 Å². The molecule has 2 aliphatic carbocycles. The summed E-state index contributed by atoms with van der Waals surface area (Å²) in [7, 11) is 0. The number of para-hydroxylation sites is 1. The van der Waals surface area contributed by atoms with E-state index in [1.54, 1.807) is 0 Å². The molecule has 1 unspecified atom stereocenters. The second-order valence-electron chi connectivity index (χ2n) is 19.0. The van der Waals surface area contributed by atoms with Gasteiger partial charge in [-0.15, -0.1) is 0 Å². The minimum atomic E-state index is 0.470. The highest BCUT2D eigenvalue weighted by Gasteiger charge is 2.25. The Morgan fingerprint density at radius 1 is 0.485 bits per heavy atom. The summed E-state index contributed by atoms with van der Waals surface area (Å²) < 4.78 is 2.54. The number of rotatable bonds is 7. The number of aromatic nitrogens is 1. The van der Waals surface area contributed by atoms with Crippen molar-refractivity contribution >= 4 is 44.6 Å². The SMILES string of the molecule is C/C1=C(\c2cccc(-n3c4ccccc4c4cc5c(cc43)CCC(Cc3ccccc3)c3ccccc3-5)c2)CCc2cc(C3=NC(c4ccccc4)=N/C(c4ccccc4)=C\CC3)ccc2CC1. The van der Waals surface area contributed by atoms with E-state index >= 15 is 0 Å². The van der Waals surface area contributed by atoms with Gasteiger partial charge in [-0.25, -0.2) is 9.98 Å². The van der Waals surface area contributed by atoms with Crippen molar-refractivity contribution in [3.8, 4) is 16.8 Å². The topological polar surface area (TPSA) is 29.6 Å². The molecule has 3 aliphatic rings. The highest BCUT2D eigenvalue weighted by Crippen LogP contribution is 2.44. The highest BCUT2D eigenvalue weighted by molar-refractivity contribution is 6.14. The predicted octanol–water partition coefficient (Wildman–Crippen LogP) is 16.1. The average molecular weight is 878 g/mol. The lowest BCUT2D eigenvalue weighted by Gasteiger charge is -2.21. The highest BCUT2D eigenvalue weighted by atomic mass is 15.0. The van der Waals surface area contributed by atoms with Gasteiger partial charge in [0.05, 0.1) is 22.4 Å². The summed E-state index contributed by atoms with van der Waals surface area (Å²) in [6, 6.07) is 71.7. The number of amidine groups is 1. The van der Waals surface area contributed by atoms with Crippen LogP contribution in [0.15, 0.2) is 216 Å². The molecule has 12 rings (SSSR count). The van der Waals surface area contributed by atoms with Crippen LogP contribution < -0.4 is 0 Å². The van der Waals surface area contributed by atoms with Crippen molar-refractivity contribution in [2.45, 2.75) is 70.6 Å². The molecule has 2 heterocycles. The summed E-state index contributed by atoms with van der Waals surface area (Å²) in [6.07, 6.45) is 11.3. The van der Waals surface area contributed by atoms with Gasteiger partial charge in [-0.05, 0) is 168 Å². The Labute approximate surface area is 400 Å². The Hall–Kier alpha value is -7.62. The Morgan fingerprint density at radius 2 is 1.22 bits per heavy atom. The summed E-state index contributed by atoms with van der Waals surface area (Å²) in [5.41, 5.74) is 23.5. The minimum absolute atomic E-state index is 0.470. The summed E-state index contributed by atoms with van der Waals surface area (Å²) in [6.45, 7) is 2.37. The first kappa shape index (κ1) is 41.8. The lowest BCUT2D eigenvalue weighted by molar-refractivity contribution is 0.629. The molecule has 0 fully saturated rings. The first-order valence-electron chi connectivity index (χ1n) is 24.7. The van der Waals surface area contributed by atoms with Crippen LogP contribution in [-0.2, 0) is 25.7 Å². The van der Waals surface area contributed by atoms with Crippen molar-refractivity contribution in [1.29, 1.82) is 0 Å². The summed E-state index contributed by atoms with van der Waals surface area (Å²) in [5.74, 6) is 1.23. The molecule has 330 valence electrons. The van der Waals surface area contributed by atoms with Crippen molar-refractivity contribution in [2.24, 2.45) is 9.98 Å². The van der Waals surface area contributed by atoms with E-state index in [0.717, 1.165) is 86.2 Å². The second kappa shape index (κ2) is 18.2. The molecule has 9 aromatic rings. The van der Waals surface area contributed by atoms with Gasteiger partial charge in [0.2, 0.25) is 0 Å². The molecular weight excluding hydrogens is 823 g/mol. The van der Waals surface area contributed by atoms with Gasteiger partial charge < -0.3 is 4.57 Å². The van der Waals surface area contributed by atoms with Gasteiger partial charge in [0.1, 0.15) is 0 Å². The molecule has 68 heavy (non-hydrogen) atoms. The van der Waals surface area contributed by atoms with Crippen LogP contribution in [0.1, 0.15) is 95.0 Å². The molecule has 1 atom stereocenters. The Kier molecular flexibility index (Phi) is 11.2. The van der Waals surface area contributed by atoms with E-state index in [2.05, 4.69) is 212 Å². The molecule has 0 bridgehead atoms. The normalized spacial score (nSPS) is 18.1. The van der Waals surface area contributed by atoms with Gasteiger partial charge >= 0.3 is 0 Å². The molecule has 0 spiro atoms. The van der Waals surface area contributed by atoms with Crippen LogP contribution in [0, 0.1) is 0 Å². The maximum absolute atomic E-state index is 5.37. The van der Waals surface area contributed by atoms with Crippen molar-refractivity contribution in [1.82, 2.24) is 4.57 Å². The third-order valence-electron chi connectivity index (χ3n) is 14.9. The number of aryl methyl sites for hydroxylation is 3. The van der Waals surface area contributed by atoms with Crippen LogP contribution in [0.3, 0.4) is 0 Å². The first-order chi connectivity index (χ1) is 33.6. The molecule has 8 aromatic carbocycles. The van der Waals surface area contributed by atoms with Gasteiger partial charge in [0.15, 0.2) is 5.84 Å². The van der Waals surface area contributed by atoms with E-state index in [-0.39, 0.29) is 0 Å². The molecule has 1 aliphatic heterocycles. The number of nitrogens with zero attached hydrogens (tertiary/aromatic N) is 3. The Balaban J connectivity index is 0.870. The lowest BCUT2D eigenvalue weighted by atomic mass is 9.85. The summed E-state index contributed by atoms with van der Waals surface area (Å²) in [5, 5.41) is 2.62. The van der Waals surface area contributed by atoms with E-state index < -0.39 is 0 Å². The zero-order valence-electron chi connectivity index (χ0n) is 38.8. The molecule has 0 radical (unpaired) electrons. The fourth-order valence-corrected chi connectivity index (χ4v) is 11.4. The zero-order valence-corrected chi connectivity index (χ0v) is 38.8. The first-order valence-corrected chi connectivity index (χ1v) is 24.7. The van der Waals surface area contributed by atoms with Crippen LogP contribution in [0.25, 0.3) is 49.9 Å². The Bertz CT molecular complexity index is 3470. The third kappa shape index (κ3) is 8.06. The molecule has 0 saturated carbocycles.